The molecule has 16 heavy (non-hydrogen) atoms. The minimum atomic E-state index is 0.0919. The van der Waals surface area contributed by atoms with Gasteiger partial charge in [0.2, 0.25) is 5.75 Å². The van der Waals surface area contributed by atoms with Crippen molar-refractivity contribution in [1.29, 1.82) is 0 Å². The SMILES string of the molecule is COc1cc(CC(C)=O)cc(OC)c1OC. The van der Waals surface area contributed by atoms with Crippen LogP contribution < -0.4 is 14.2 Å². The van der Waals surface area contributed by atoms with E-state index < -0.39 is 0 Å². The molecular formula is C12H16O4. The highest BCUT2D eigenvalue weighted by Gasteiger charge is 2.13. The Hall–Kier alpha value is -1.71. The maximum absolute atomic E-state index is 11.1. The normalized spacial score (nSPS) is 9.75. The number of hydrogen-bond acceptors (Lipinski definition) is 4. The van der Waals surface area contributed by atoms with E-state index in [0.29, 0.717) is 23.7 Å². The van der Waals surface area contributed by atoms with Gasteiger partial charge in [-0.25, -0.2) is 0 Å². The summed E-state index contributed by atoms with van der Waals surface area (Å²) in [5, 5.41) is 0. The van der Waals surface area contributed by atoms with E-state index >= 15 is 0 Å². The van der Waals surface area contributed by atoms with E-state index in [1.54, 1.807) is 40.4 Å². The average molecular weight is 224 g/mol. The molecule has 0 atom stereocenters. The highest BCUT2D eigenvalue weighted by molar-refractivity contribution is 5.78. The molecular weight excluding hydrogens is 208 g/mol. The molecule has 88 valence electrons. The van der Waals surface area contributed by atoms with E-state index in [-0.39, 0.29) is 5.78 Å². The maximum Gasteiger partial charge on any atom is 0.203 e. The van der Waals surface area contributed by atoms with Crippen LogP contribution in [0.25, 0.3) is 0 Å². The van der Waals surface area contributed by atoms with Gasteiger partial charge < -0.3 is 14.2 Å². The Morgan fingerprint density at radius 1 is 1.06 bits per heavy atom. The first-order valence-electron chi connectivity index (χ1n) is 4.90. The lowest BCUT2D eigenvalue weighted by atomic mass is 10.1. The predicted molar refractivity (Wildman–Crippen MR) is 60.5 cm³/mol. The van der Waals surface area contributed by atoms with Crippen LogP contribution in [0.2, 0.25) is 0 Å². The first-order chi connectivity index (χ1) is 7.62. The van der Waals surface area contributed by atoms with Gasteiger partial charge in [-0.3, -0.25) is 4.79 Å². The summed E-state index contributed by atoms with van der Waals surface area (Å²) in [6.45, 7) is 1.54. The van der Waals surface area contributed by atoms with Gasteiger partial charge in [0.15, 0.2) is 11.5 Å². The van der Waals surface area contributed by atoms with Crippen LogP contribution in [0.4, 0.5) is 0 Å². The molecule has 1 rings (SSSR count). The number of Topliss-reactive ketones (excluding diaryl/α,β-unsaturated/α-hetero) is 1. The molecule has 0 aromatic heterocycles. The summed E-state index contributed by atoms with van der Waals surface area (Å²) < 4.78 is 15.6. The fourth-order valence-corrected chi connectivity index (χ4v) is 1.52. The van der Waals surface area contributed by atoms with Gasteiger partial charge in [-0.05, 0) is 24.6 Å². The van der Waals surface area contributed by atoms with Gasteiger partial charge in [-0.2, -0.15) is 0 Å². The first kappa shape index (κ1) is 12.4. The monoisotopic (exact) mass is 224 g/mol. The molecule has 0 aliphatic rings. The van der Waals surface area contributed by atoms with E-state index in [1.165, 1.54) is 0 Å². The van der Waals surface area contributed by atoms with Gasteiger partial charge in [-0.1, -0.05) is 0 Å². The maximum atomic E-state index is 11.1. The quantitative estimate of drug-likeness (QED) is 0.765. The van der Waals surface area contributed by atoms with Gasteiger partial charge >= 0.3 is 0 Å². The van der Waals surface area contributed by atoms with Crippen LogP contribution in [0.3, 0.4) is 0 Å². The molecule has 0 aliphatic carbocycles. The molecule has 4 nitrogen and oxygen atoms in total. The van der Waals surface area contributed by atoms with Gasteiger partial charge in [-0.15, -0.1) is 0 Å². The summed E-state index contributed by atoms with van der Waals surface area (Å²) in [5.41, 5.74) is 0.849. The molecule has 0 N–H and O–H groups in total. The number of methoxy groups -OCH3 is 3. The molecule has 0 bridgehead atoms. The van der Waals surface area contributed by atoms with Crippen LogP contribution in [-0.2, 0) is 11.2 Å². The Kier molecular flexibility index (Phi) is 4.17. The molecule has 1 aromatic carbocycles. The third-order valence-electron chi connectivity index (χ3n) is 2.18. The molecule has 0 amide bonds. The van der Waals surface area contributed by atoms with Gasteiger partial charge in [0.1, 0.15) is 5.78 Å². The van der Waals surface area contributed by atoms with Crippen molar-refractivity contribution in [1.82, 2.24) is 0 Å². The molecule has 4 heteroatoms. The Morgan fingerprint density at radius 3 is 1.88 bits per heavy atom. The Morgan fingerprint density at radius 2 is 1.56 bits per heavy atom. The molecule has 0 saturated heterocycles. The van der Waals surface area contributed by atoms with E-state index in [2.05, 4.69) is 0 Å². The molecule has 0 spiro atoms. The van der Waals surface area contributed by atoms with Gasteiger partial charge in [0.25, 0.3) is 0 Å². The predicted octanol–water partition coefficient (Wildman–Crippen LogP) is 1.84. The van der Waals surface area contributed by atoms with E-state index in [0.717, 1.165) is 5.56 Å². The summed E-state index contributed by atoms with van der Waals surface area (Å²) in [6.07, 6.45) is 0.358. The fraction of sp³-hybridized carbons (Fsp3) is 0.417. The third-order valence-corrected chi connectivity index (χ3v) is 2.18. The molecule has 0 heterocycles. The molecule has 0 saturated carbocycles. The minimum absolute atomic E-state index is 0.0919. The van der Waals surface area contributed by atoms with E-state index in [1.807, 2.05) is 0 Å². The number of ketones is 1. The first-order valence-corrected chi connectivity index (χ1v) is 4.90. The van der Waals surface area contributed by atoms with Crippen LogP contribution in [-0.4, -0.2) is 27.1 Å². The molecule has 1 aromatic rings. The van der Waals surface area contributed by atoms with Crippen LogP contribution in [0, 0.1) is 0 Å². The smallest absolute Gasteiger partial charge is 0.203 e. The summed E-state index contributed by atoms with van der Waals surface area (Å²) in [4.78, 5) is 11.1. The zero-order valence-corrected chi connectivity index (χ0v) is 9.99. The van der Waals surface area contributed by atoms with Crippen molar-refractivity contribution in [3.63, 3.8) is 0 Å². The van der Waals surface area contributed by atoms with Crippen molar-refractivity contribution in [3.8, 4) is 17.2 Å². The number of ether oxygens (including phenoxy) is 3. The molecule has 0 radical (unpaired) electrons. The lowest BCUT2D eigenvalue weighted by molar-refractivity contribution is -0.116. The van der Waals surface area contributed by atoms with E-state index in [4.69, 9.17) is 14.2 Å². The summed E-state index contributed by atoms with van der Waals surface area (Å²) in [7, 11) is 4.65. The standard InChI is InChI=1S/C12H16O4/c1-8(13)5-9-6-10(14-2)12(16-4)11(7-9)15-3/h6-7H,5H2,1-4H3. The summed E-state index contributed by atoms with van der Waals surface area (Å²) in [5.74, 6) is 1.77. The Labute approximate surface area is 95.1 Å². The summed E-state index contributed by atoms with van der Waals surface area (Å²) >= 11 is 0. The largest absolute Gasteiger partial charge is 0.493 e. The lowest BCUT2D eigenvalue weighted by Crippen LogP contribution is -2.00. The fourth-order valence-electron chi connectivity index (χ4n) is 1.52. The number of carbonyl (C=O) groups is 1. The highest BCUT2D eigenvalue weighted by atomic mass is 16.5. The zero-order valence-electron chi connectivity index (χ0n) is 9.99. The van der Waals surface area contributed by atoms with Crippen molar-refractivity contribution in [3.05, 3.63) is 17.7 Å². The Balaban J connectivity index is 3.20. The van der Waals surface area contributed by atoms with Gasteiger partial charge in [0, 0.05) is 6.42 Å². The zero-order chi connectivity index (χ0) is 12.1. The third kappa shape index (κ3) is 2.66. The van der Waals surface area contributed by atoms with Crippen molar-refractivity contribution in [2.24, 2.45) is 0 Å². The van der Waals surface area contributed by atoms with Crippen molar-refractivity contribution >= 4 is 5.78 Å². The van der Waals surface area contributed by atoms with E-state index in [9.17, 15) is 4.79 Å². The Bertz CT molecular complexity index is 360. The highest BCUT2D eigenvalue weighted by Crippen LogP contribution is 2.38. The molecule has 0 unspecified atom stereocenters. The number of hydrogen-bond donors (Lipinski definition) is 0. The second kappa shape index (κ2) is 5.39. The number of carbonyl (C=O) groups excluding carboxylic acids is 1. The topological polar surface area (TPSA) is 44.8 Å². The average Bonchev–Trinajstić information content (AvgIpc) is 2.26. The molecule has 0 aliphatic heterocycles. The van der Waals surface area contributed by atoms with Crippen LogP contribution in [0.15, 0.2) is 12.1 Å². The lowest BCUT2D eigenvalue weighted by Gasteiger charge is -2.13. The van der Waals surface area contributed by atoms with Crippen LogP contribution in [0.5, 0.6) is 17.2 Å². The second-order valence-corrected chi connectivity index (χ2v) is 3.41. The second-order valence-electron chi connectivity index (χ2n) is 3.41. The summed E-state index contributed by atoms with van der Waals surface area (Å²) in [6, 6.07) is 3.56. The van der Waals surface area contributed by atoms with Crippen LogP contribution >= 0.6 is 0 Å². The molecule has 0 fully saturated rings. The number of benzene rings is 1. The van der Waals surface area contributed by atoms with Crippen molar-refractivity contribution in [2.45, 2.75) is 13.3 Å². The van der Waals surface area contributed by atoms with Crippen molar-refractivity contribution < 1.29 is 19.0 Å². The number of rotatable bonds is 5. The van der Waals surface area contributed by atoms with Crippen molar-refractivity contribution in [2.75, 3.05) is 21.3 Å². The van der Waals surface area contributed by atoms with Gasteiger partial charge in [0.05, 0.1) is 21.3 Å². The van der Waals surface area contributed by atoms with Crippen LogP contribution in [0.1, 0.15) is 12.5 Å². The minimum Gasteiger partial charge on any atom is -0.493 e.